The standard InChI is InChI=1S/C12H18N2O3/c1-8(2)11(13)7-9-6-10(14(15)16)4-5-12(9)17-3/h4-6,8,11H,7,13H2,1-3H3. The minimum absolute atomic E-state index is 0.0362. The van der Waals surface area contributed by atoms with E-state index in [1.807, 2.05) is 13.8 Å². The van der Waals surface area contributed by atoms with Gasteiger partial charge in [0.2, 0.25) is 0 Å². The van der Waals surface area contributed by atoms with Crippen molar-refractivity contribution in [3.8, 4) is 5.75 Å². The molecule has 1 atom stereocenters. The largest absolute Gasteiger partial charge is 0.496 e. The summed E-state index contributed by atoms with van der Waals surface area (Å²) in [6.07, 6.45) is 0.572. The number of nitro benzene ring substituents is 1. The molecule has 0 saturated heterocycles. The quantitative estimate of drug-likeness (QED) is 0.629. The Kier molecular flexibility index (Phi) is 4.45. The fraction of sp³-hybridized carbons (Fsp3) is 0.500. The molecule has 0 aromatic heterocycles. The van der Waals surface area contributed by atoms with Gasteiger partial charge in [-0.05, 0) is 18.4 Å². The van der Waals surface area contributed by atoms with E-state index in [0.29, 0.717) is 18.1 Å². The topological polar surface area (TPSA) is 78.4 Å². The second kappa shape index (κ2) is 5.63. The van der Waals surface area contributed by atoms with Crippen LogP contribution in [0.3, 0.4) is 0 Å². The number of rotatable bonds is 5. The molecule has 1 unspecified atom stereocenters. The predicted molar refractivity (Wildman–Crippen MR) is 66.2 cm³/mol. The first kappa shape index (κ1) is 13.4. The molecule has 1 aromatic rings. The summed E-state index contributed by atoms with van der Waals surface area (Å²) in [7, 11) is 1.55. The minimum atomic E-state index is -0.413. The van der Waals surface area contributed by atoms with Gasteiger partial charge in [0.05, 0.1) is 12.0 Å². The summed E-state index contributed by atoms with van der Waals surface area (Å²) in [5.74, 6) is 0.964. The van der Waals surface area contributed by atoms with Gasteiger partial charge in [-0.1, -0.05) is 13.8 Å². The van der Waals surface area contributed by atoms with Crippen molar-refractivity contribution in [3.63, 3.8) is 0 Å². The van der Waals surface area contributed by atoms with Crippen LogP contribution in [0, 0.1) is 16.0 Å². The zero-order valence-corrected chi connectivity index (χ0v) is 10.3. The highest BCUT2D eigenvalue weighted by atomic mass is 16.6. The van der Waals surface area contributed by atoms with E-state index in [-0.39, 0.29) is 11.7 Å². The number of nitrogens with zero attached hydrogens (tertiary/aromatic N) is 1. The van der Waals surface area contributed by atoms with Crippen molar-refractivity contribution >= 4 is 5.69 Å². The molecule has 0 aliphatic heterocycles. The van der Waals surface area contributed by atoms with E-state index in [2.05, 4.69) is 0 Å². The molecule has 0 spiro atoms. The first-order chi connectivity index (χ1) is 7.95. The van der Waals surface area contributed by atoms with Crippen LogP contribution in [0.5, 0.6) is 5.75 Å². The third-order valence-corrected chi connectivity index (χ3v) is 2.79. The maximum Gasteiger partial charge on any atom is 0.269 e. The molecule has 0 amide bonds. The molecule has 5 nitrogen and oxygen atoms in total. The van der Waals surface area contributed by atoms with E-state index >= 15 is 0 Å². The van der Waals surface area contributed by atoms with Gasteiger partial charge < -0.3 is 10.5 Å². The van der Waals surface area contributed by atoms with Gasteiger partial charge in [0.15, 0.2) is 0 Å². The first-order valence-corrected chi connectivity index (χ1v) is 5.52. The van der Waals surface area contributed by atoms with Crippen molar-refractivity contribution in [2.75, 3.05) is 7.11 Å². The lowest BCUT2D eigenvalue weighted by molar-refractivity contribution is -0.384. The van der Waals surface area contributed by atoms with Crippen LogP contribution in [-0.4, -0.2) is 18.1 Å². The van der Waals surface area contributed by atoms with Crippen LogP contribution >= 0.6 is 0 Å². The zero-order chi connectivity index (χ0) is 13.0. The molecule has 0 saturated carbocycles. The van der Waals surface area contributed by atoms with Gasteiger partial charge in [-0.2, -0.15) is 0 Å². The fourth-order valence-corrected chi connectivity index (χ4v) is 1.53. The van der Waals surface area contributed by atoms with Gasteiger partial charge >= 0.3 is 0 Å². The lowest BCUT2D eigenvalue weighted by atomic mass is 9.96. The maximum absolute atomic E-state index is 10.7. The van der Waals surface area contributed by atoms with Crippen LogP contribution in [0.25, 0.3) is 0 Å². The van der Waals surface area contributed by atoms with Gasteiger partial charge in [-0.15, -0.1) is 0 Å². The van der Waals surface area contributed by atoms with Crippen LogP contribution in [0.1, 0.15) is 19.4 Å². The molecule has 1 rings (SSSR count). The Morgan fingerprint density at radius 2 is 2.12 bits per heavy atom. The molecule has 0 bridgehead atoms. The monoisotopic (exact) mass is 238 g/mol. The number of hydrogen-bond donors (Lipinski definition) is 1. The average Bonchev–Trinajstić information content (AvgIpc) is 2.28. The Bertz CT molecular complexity index is 405. The molecular formula is C12H18N2O3. The highest BCUT2D eigenvalue weighted by Gasteiger charge is 2.15. The van der Waals surface area contributed by atoms with Gasteiger partial charge in [0.25, 0.3) is 5.69 Å². The minimum Gasteiger partial charge on any atom is -0.496 e. The summed E-state index contributed by atoms with van der Waals surface area (Å²) >= 11 is 0. The third kappa shape index (κ3) is 3.42. The second-order valence-electron chi connectivity index (χ2n) is 4.37. The number of methoxy groups -OCH3 is 1. The van der Waals surface area contributed by atoms with Crippen molar-refractivity contribution in [1.82, 2.24) is 0 Å². The molecule has 0 aliphatic rings. The van der Waals surface area contributed by atoms with Crippen LogP contribution in [0.2, 0.25) is 0 Å². The molecule has 1 aromatic carbocycles. The summed E-state index contributed by atoms with van der Waals surface area (Å²) in [6.45, 7) is 4.04. The molecule has 0 aliphatic carbocycles. The number of nitrogens with two attached hydrogens (primary N) is 1. The van der Waals surface area contributed by atoms with E-state index in [4.69, 9.17) is 10.5 Å². The van der Waals surface area contributed by atoms with Crippen LogP contribution < -0.4 is 10.5 Å². The highest BCUT2D eigenvalue weighted by molar-refractivity contribution is 5.44. The van der Waals surface area contributed by atoms with Crippen LogP contribution in [0.15, 0.2) is 18.2 Å². The molecule has 0 fully saturated rings. The van der Waals surface area contributed by atoms with Crippen LogP contribution in [0.4, 0.5) is 5.69 Å². The Morgan fingerprint density at radius 3 is 2.59 bits per heavy atom. The molecule has 0 radical (unpaired) electrons. The molecule has 0 heterocycles. The molecule has 17 heavy (non-hydrogen) atoms. The smallest absolute Gasteiger partial charge is 0.269 e. The lowest BCUT2D eigenvalue weighted by Crippen LogP contribution is -2.28. The highest BCUT2D eigenvalue weighted by Crippen LogP contribution is 2.25. The Hall–Kier alpha value is -1.62. The van der Waals surface area contributed by atoms with E-state index in [1.165, 1.54) is 12.1 Å². The summed E-state index contributed by atoms with van der Waals surface area (Å²) < 4.78 is 5.18. The molecule has 2 N–H and O–H groups in total. The van der Waals surface area contributed by atoms with Crippen molar-refractivity contribution < 1.29 is 9.66 Å². The second-order valence-corrected chi connectivity index (χ2v) is 4.37. The van der Waals surface area contributed by atoms with E-state index < -0.39 is 4.92 Å². The Morgan fingerprint density at radius 1 is 1.47 bits per heavy atom. The third-order valence-electron chi connectivity index (χ3n) is 2.79. The van der Waals surface area contributed by atoms with Gasteiger partial charge in [-0.3, -0.25) is 10.1 Å². The number of nitro groups is 1. The van der Waals surface area contributed by atoms with Crippen LogP contribution in [-0.2, 0) is 6.42 Å². The van der Waals surface area contributed by atoms with E-state index in [0.717, 1.165) is 5.56 Å². The van der Waals surface area contributed by atoms with Crippen molar-refractivity contribution in [2.45, 2.75) is 26.3 Å². The zero-order valence-electron chi connectivity index (χ0n) is 10.3. The van der Waals surface area contributed by atoms with E-state index in [9.17, 15) is 10.1 Å². The predicted octanol–water partition coefficient (Wildman–Crippen LogP) is 2.13. The summed E-state index contributed by atoms with van der Waals surface area (Å²) in [5, 5.41) is 10.7. The van der Waals surface area contributed by atoms with Gasteiger partial charge in [0, 0.05) is 23.7 Å². The van der Waals surface area contributed by atoms with Gasteiger partial charge in [-0.25, -0.2) is 0 Å². The number of ether oxygens (including phenoxy) is 1. The lowest BCUT2D eigenvalue weighted by Gasteiger charge is -2.17. The molecule has 94 valence electrons. The Balaban J connectivity index is 3.02. The number of benzene rings is 1. The SMILES string of the molecule is COc1ccc([N+](=O)[O-])cc1CC(N)C(C)C. The van der Waals surface area contributed by atoms with Crippen molar-refractivity contribution in [3.05, 3.63) is 33.9 Å². The average molecular weight is 238 g/mol. The maximum atomic E-state index is 10.7. The summed E-state index contributed by atoms with van der Waals surface area (Å²) in [6, 6.07) is 4.54. The van der Waals surface area contributed by atoms with Gasteiger partial charge in [0.1, 0.15) is 5.75 Å². The fourth-order valence-electron chi connectivity index (χ4n) is 1.53. The van der Waals surface area contributed by atoms with Crippen molar-refractivity contribution in [2.24, 2.45) is 11.7 Å². The first-order valence-electron chi connectivity index (χ1n) is 5.52. The summed E-state index contributed by atoms with van der Waals surface area (Å²) in [5.41, 5.74) is 6.82. The van der Waals surface area contributed by atoms with E-state index in [1.54, 1.807) is 13.2 Å². The summed E-state index contributed by atoms with van der Waals surface area (Å²) in [4.78, 5) is 10.3. The normalized spacial score (nSPS) is 12.5. The number of non-ortho nitro benzene ring substituents is 1. The van der Waals surface area contributed by atoms with Crippen molar-refractivity contribution in [1.29, 1.82) is 0 Å². The molecule has 5 heteroatoms. The Labute approximate surface area is 101 Å². The number of hydrogen-bond acceptors (Lipinski definition) is 4. The molecular weight excluding hydrogens is 220 g/mol.